The second-order valence-electron chi connectivity index (χ2n) is 6.30. The zero-order valence-electron chi connectivity index (χ0n) is 14.3. The maximum absolute atomic E-state index is 5.12. The molecule has 1 atom stereocenters. The summed E-state index contributed by atoms with van der Waals surface area (Å²) in [7, 11) is 0. The van der Waals surface area contributed by atoms with Gasteiger partial charge in [-0.25, -0.2) is 4.98 Å². The second-order valence-corrected chi connectivity index (χ2v) is 6.82. The van der Waals surface area contributed by atoms with Crippen molar-refractivity contribution in [2.45, 2.75) is 10.7 Å². The van der Waals surface area contributed by atoms with Crippen LogP contribution in [0.5, 0.6) is 0 Å². The fourth-order valence-corrected chi connectivity index (χ4v) is 4.31. The van der Waals surface area contributed by atoms with Crippen molar-refractivity contribution >= 4 is 42.2 Å². The van der Waals surface area contributed by atoms with E-state index in [9.17, 15) is 0 Å². The number of aromatic amines is 1. The molecule has 0 aliphatic rings. The molecule has 27 heavy (non-hydrogen) atoms. The third-order valence-electron chi connectivity index (χ3n) is 4.90. The molecule has 130 valence electrons. The molecule has 1 aromatic heterocycles. The first-order chi connectivity index (χ1) is 12.8. The summed E-state index contributed by atoms with van der Waals surface area (Å²) in [6.45, 7) is 0. The van der Waals surface area contributed by atoms with E-state index in [0.717, 1.165) is 5.69 Å². The van der Waals surface area contributed by atoms with Crippen molar-refractivity contribution in [1.29, 1.82) is 0 Å². The normalized spacial score (nSPS) is 12.2. The SMILES string of the molecule is SC(c1c[nH]cn1)C(c1ccccc1)(c1ccccc1)c1ccccc1.[NaH]. The third kappa shape index (κ3) is 3.65. The monoisotopic (exact) mass is 380 g/mol. The third-order valence-corrected chi connectivity index (χ3v) is 5.55. The molecular weight excluding hydrogens is 359 g/mol. The Kier molecular flexibility index (Phi) is 6.61. The standard InChI is InChI=1S/C23H20N2S.Na.H/c26-22(21-16-24-17-25-21)23(18-10-4-1-5-11-18,19-12-6-2-7-13-19)20-14-8-3-9-15-20;;/h1-17,22,26H,(H,24,25);;. The topological polar surface area (TPSA) is 28.7 Å². The molecule has 0 saturated carbocycles. The molecule has 0 aliphatic heterocycles. The van der Waals surface area contributed by atoms with Crippen molar-refractivity contribution in [1.82, 2.24) is 9.97 Å². The number of nitrogens with zero attached hydrogens (tertiary/aromatic N) is 1. The number of thiol groups is 1. The Balaban J connectivity index is 0.00000210. The van der Waals surface area contributed by atoms with Crippen LogP contribution in [-0.2, 0) is 5.41 Å². The Morgan fingerprint density at radius 1 is 0.704 bits per heavy atom. The van der Waals surface area contributed by atoms with Crippen LogP contribution in [0.3, 0.4) is 0 Å². The van der Waals surface area contributed by atoms with Gasteiger partial charge in [0.05, 0.1) is 22.7 Å². The van der Waals surface area contributed by atoms with E-state index in [2.05, 4.69) is 82.8 Å². The summed E-state index contributed by atoms with van der Waals surface area (Å²) in [4.78, 5) is 7.60. The number of hydrogen-bond donors (Lipinski definition) is 2. The predicted octanol–water partition coefficient (Wildman–Crippen LogP) is 4.77. The van der Waals surface area contributed by atoms with Crippen LogP contribution in [0.1, 0.15) is 27.6 Å². The van der Waals surface area contributed by atoms with Gasteiger partial charge in [0, 0.05) is 6.20 Å². The average Bonchev–Trinajstić information content (AvgIpc) is 3.26. The van der Waals surface area contributed by atoms with E-state index in [-0.39, 0.29) is 34.8 Å². The Morgan fingerprint density at radius 2 is 1.11 bits per heavy atom. The van der Waals surface area contributed by atoms with Gasteiger partial charge in [-0.2, -0.15) is 12.6 Å². The molecule has 3 aromatic carbocycles. The molecule has 4 rings (SSSR count). The molecule has 0 fully saturated rings. The molecule has 0 radical (unpaired) electrons. The first kappa shape index (κ1) is 20.0. The van der Waals surface area contributed by atoms with Crippen LogP contribution >= 0.6 is 12.6 Å². The zero-order chi connectivity index (χ0) is 17.8. The van der Waals surface area contributed by atoms with Crippen LogP contribution in [0.2, 0.25) is 0 Å². The Labute approximate surface area is 187 Å². The van der Waals surface area contributed by atoms with Crippen LogP contribution in [0.25, 0.3) is 0 Å². The van der Waals surface area contributed by atoms with Gasteiger partial charge in [-0.1, -0.05) is 91.0 Å². The fraction of sp³-hybridized carbons (Fsp3) is 0.0870. The Morgan fingerprint density at radius 3 is 1.44 bits per heavy atom. The number of rotatable bonds is 5. The predicted molar refractivity (Wildman–Crippen MR) is 117 cm³/mol. The van der Waals surface area contributed by atoms with E-state index < -0.39 is 5.41 Å². The first-order valence-corrected chi connectivity index (χ1v) is 9.18. The van der Waals surface area contributed by atoms with E-state index in [1.165, 1.54) is 16.7 Å². The molecule has 0 aliphatic carbocycles. The van der Waals surface area contributed by atoms with Gasteiger partial charge in [0.25, 0.3) is 0 Å². The van der Waals surface area contributed by atoms with Gasteiger partial charge >= 0.3 is 29.6 Å². The molecule has 2 nitrogen and oxygen atoms in total. The molecule has 0 saturated heterocycles. The number of aromatic nitrogens is 2. The molecular formula is C23H21N2NaS. The number of imidazole rings is 1. The van der Waals surface area contributed by atoms with Crippen LogP contribution in [-0.4, -0.2) is 39.5 Å². The summed E-state index contributed by atoms with van der Waals surface area (Å²) in [5.74, 6) is 0. The van der Waals surface area contributed by atoms with Crippen molar-refractivity contribution < 1.29 is 0 Å². The van der Waals surface area contributed by atoms with Gasteiger partial charge < -0.3 is 4.98 Å². The number of benzene rings is 3. The first-order valence-electron chi connectivity index (χ1n) is 8.67. The Hall–Kier alpha value is -1.78. The van der Waals surface area contributed by atoms with Crippen molar-refractivity contribution in [3.63, 3.8) is 0 Å². The van der Waals surface area contributed by atoms with Crippen molar-refractivity contribution in [3.8, 4) is 0 Å². The van der Waals surface area contributed by atoms with E-state index in [4.69, 9.17) is 12.6 Å². The summed E-state index contributed by atoms with van der Waals surface area (Å²) >= 11 is 5.12. The minimum atomic E-state index is -0.456. The van der Waals surface area contributed by atoms with E-state index in [1.54, 1.807) is 6.33 Å². The average molecular weight is 380 g/mol. The van der Waals surface area contributed by atoms with Gasteiger partial charge in [-0.3, -0.25) is 0 Å². The van der Waals surface area contributed by atoms with Crippen molar-refractivity contribution in [2.75, 3.05) is 0 Å². The van der Waals surface area contributed by atoms with Crippen LogP contribution in [0, 0.1) is 0 Å². The van der Waals surface area contributed by atoms with E-state index in [0.29, 0.717) is 0 Å². The van der Waals surface area contributed by atoms with E-state index in [1.807, 2.05) is 24.4 Å². The van der Waals surface area contributed by atoms with Crippen LogP contribution in [0.15, 0.2) is 104 Å². The summed E-state index contributed by atoms with van der Waals surface area (Å²) in [5.41, 5.74) is 4.05. The molecule has 4 heteroatoms. The summed E-state index contributed by atoms with van der Waals surface area (Å²) in [6, 6.07) is 31.7. The van der Waals surface area contributed by atoms with Crippen molar-refractivity contribution in [3.05, 3.63) is 126 Å². The molecule has 0 bridgehead atoms. The maximum atomic E-state index is 5.12. The van der Waals surface area contributed by atoms with Crippen LogP contribution in [0.4, 0.5) is 0 Å². The number of H-pyrrole nitrogens is 1. The number of hydrogen-bond acceptors (Lipinski definition) is 2. The molecule has 0 amide bonds. The zero-order valence-corrected chi connectivity index (χ0v) is 15.2. The molecule has 1 heterocycles. The quantitative estimate of drug-likeness (QED) is 0.292. The molecule has 0 spiro atoms. The summed E-state index contributed by atoms with van der Waals surface area (Å²) in [5, 5.41) is -0.152. The van der Waals surface area contributed by atoms with Gasteiger partial charge in [0.15, 0.2) is 0 Å². The Bertz CT molecular complexity index is 845. The van der Waals surface area contributed by atoms with Crippen LogP contribution < -0.4 is 0 Å². The second kappa shape index (κ2) is 8.94. The summed E-state index contributed by atoms with van der Waals surface area (Å²) < 4.78 is 0. The fourth-order valence-electron chi connectivity index (χ4n) is 3.72. The molecule has 1 unspecified atom stereocenters. The van der Waals surface area contributed by atoms with Gasteiger partial charge in [0.1, 0.15) is 0 Å². The number of nitrogens with one attached hydrogen (secondary N) is 1. The molecule has 4 aromatic rings. The van der Waals surface area contributed by atoms with Crippen molar-refractivity contribution in [2.24, 2.45) is 0 Å². The summed E-state index contributed by atoms with van der Waals surface area (Å²) in [6.07, 6.45) is 3.64. The van der Waals surface area contributed by atoms with Gasteiger partial charge in [-0.15, -0.1) is 0 Å². The van der Waals surface area contributed by atoms with Gasteiger partial charge in [0.2, 0.25) is 0 Å². The minimum absolute atomic E-state index is 0. The molecule has 1 N–H and O–H groups in total. The van der Waals surface area contributed by atoms with E-state index >= 15 is 0 Å². The van der Waals surface area contributed by atoms with Gasteiger partial charge in [-0.05, 0) is 16.7 Å².